The van der Waals surface area contributed by atoms with Crippen LogP contribution < -0.4 is 0 Å². The van der Waals surface area contributed by atoms with Gasteiger partial charge >= 0.3 is 17.9 Å². The molecule has 0 aliphatic carbocycles. The molecule has 430 valence electrons. The summed E-state index contributed by atoms with van der Waals surface area (Å²) in [6.07, 6.45) is 88.9. The maximum atomic E-state index is 12.8. The van der Waals surface area contributed by atoms with Crippen molar-refractivity contribution in [3.63, 3.8) is 0 Å². The van der Waals surface area contributed by atoms with E-state index in [1.807, 2.05) is 0 Å². The van der Waals surface area contributed by atoms with E-state index in [2.05, 4.69) is 154 Å². The third kappa shape index (κ3) is 60.4. The fraction of sp³-hybridized carbons (Fsp3) is 0.643. The molecule has 76 heavy (non-hydrogen) atoms. The van der Waals surface area contributed by atoms with E-state index < -0.39 is 6.10 Å². The molecule has 0 aromatic rings. The lowest BCUT2D eigenvalue weighted by Gasteiger charge is -2.18. The molecule has 0 bridgehead atoms. The van der Waals surface area contributed by atoms with E-state index in [0.717, 1.165) is 167 Å². The van der Waals surface area contributed by atoms with Crippen LogP contribution in [-0.4, -0.2) is 37.2 Å². The van der Waals surface area contributed by atoms with Crippen LogP contribution in [0.2, 0.25) is 0 Å². The van der Waals surface area contributed by atoms with Gasteiger partial charge in [0.25, 0.3) is 0 Å². The van der Waals surface area contributed by atoms with Crippen molar-refractivity contribution in [2.24, 2.45) is 0 Å². The van der Waals surface area contributed by atoms with Crippen molar-refractivity contribution in [2.75, 3.05) is 13.2 Å². The second-order valence-electron chi connectivity index (χ2n) is 20.2. The Hall–Kier alpha value is -4.45. The van der Waals surface area contributed by atoms with Crippen LogP contribution in [0.4, 0.5) is 0 Å². The highest BCUT2D eigenvalue weighted by molar-refractivity contribution is 5.71. The van der Waals surface area contributed by atoms with Crippen LogP contribution in [0.15, 0.2) is 134 Å². The summed E-state index contributed by atoms with van der Waals surface area (Å²) in [5.41, 5.74) is 0. The van der Waals surface area contributed by atoms with E-state index in [1.165, 1.54) is 64.2 Å². The van der Waals surface area contributed by atoms with Gasteiger partial charge in [0.05, 0.1) is 0 Å². The number of hydrogen-bond acceptors (Lipinski definition) is 6. The van der Waals surface area contributed by atoms with Gasteiger partial charge in [0.2, 0.25) is 0 Å². The number of carbonyl (C=O) groups excluding carboxylic acids is 3. The molecule has 0 N–H and O–H groups in total. The second kappa shape index (κ2) is 63.1. The van der Waals surface area contributed by atoms with Gasteiger partial charge in [0, 0.05) is 19.3 Å². The standard InChI is InChI=1S/C70H114O6/c1-4-7-10-13-16-19-22-24-26-27-28-29-30-31-32-33-34-35-36-37-38-39-40-41-42-43-45-46-48-51-54-57-60-63-69(72)75-66-67(65-74-68(71)62-59-56-53-50-21-18-15-12-9-6-3)76-70(73)64-61-58-55-52-49-47-44-25-23-20-17-14-11-8-5-2/h7,10,12,15-16,19,24-26,28-29,31-32,34-35,37-38,40-41,43-45,67H,4-6,8-9,11,13-14,17-18,20-23,27,30,33,36,39,42,46-66H2,1-3H3/b10-7-,15-12-,19-16-,26-24-,29-28-,32-31-,35-34-,38-37-,41-40-,44-25-,45-43-. The van der Waals surface area contributed by atoms with Gasteiger partial charge < -0.3 is 14.2 Å². The molecule has 1 atom stereocenters. The van der Waals surface area contributed by atoms with Gasteiger partial charge in [-0.25, -0.2) is 0 Å². The minimum absolute atomic E-state index is 0.0945. The summed E-state index contributed by atoms with van der Waals surface area (Å²) in [6.45, 7) is 6.42. The molecule has 0 rings (SSSR count). The van der Waals surface area contributed by atoms with E-state index in [1.54, 1.807) is 0 Å². The van der Waals surface area contributed by atoms with Gasteiger partial charge in [-0.3, -0.25) is 14.4 Å². The van der Waals surface area contributed by atoms with Crippen molar-refractivity contribution < 1.29 is 28.6 Å². The third-order valence-electron chi connectivity index (χ3n) is 12.8. The minimum Gasteiger partial charge on any atom is -0.462 e. The number of esters is 3. The molecule has 1 unspecified atom stereocenters. The average molecular weight is 1050 g/mol. The molecular formula is C70H114O6. The Kier molecular flexibility index (Phi) is 59.4. The summed E-state index contributed by atoms with van der Waals surface area (Å²) >= 11 is 0. The maximum absolute atomic E-state index is 12.8. The van der Waals surface area contributed by atoms with E-state index in [0.29, 0.717) is 19.3 Å². The fourth-order valence-corrected chi connectivity index (χ4v) is 8.20. The molecule has 0 heterocycles. The Labute approximate surface area is 468 Å². The molecule has 0 saturated heterocycles. The number of unbranched alkanes of at least 4 members (excludes halogenated alkanes) is 22. The first kappa shape index (κ1) is 71.5. The smallest absolute Gasteiger partial charge is 0.306 e. The van der Waals surface area contributed by atoms with E-state index in [4.69, 9.17) is 14.2 Å². The minimum atomic E-state index is -0.797. The number of allylic oxidation sites excluding steroid dienone is 22. The quantitative estimate of drug-likeness (QED) is 0.0261. The van der Waals surface area contributed by atoms with Crippen LogP contribution >= 0.6 is 0 Å². The van der Waals surface area contributed by atoms with Crippen LogP contribution in [0.1, 0.15) is 271 Å². The molecule has 0 aliphatic rings. The van der Waals surface area contributed by atoms with Crippen LogP contribution in [0.25, 0.3) is 0 Å². The zero-order valence-corrected chi connectivity index (χ0v) is 49.2. The first-order valence-corrected chi connectivity index (χ1v) is 31.2. The van der Waals surface area contributed by atoms with Crippen LogP contribution in [-0.2, 0) is 28.6 Å². The van der Waals surface area contributed by atoms with Crippen molar-refractivity contribution in [3.8, 4) is 0 Å². The van der Waals surface area contributed by atoms with Gasteiger partial charge in [0.15, 0.2) is 6.10 Å². The first-order valence-electron chi connectivity index (χ1n) is 31.2. The van der Waals surface area contributed by atoms with Crippen molar-refractivity contribution >= 4 is 17.9 Å². The van der Waals surface area contributed by atoms with Crippen molar-refractivity contribution in [3.05, 3.63) is 134 Å². The lowest BCUT2D eigenvalue weighted by Crippen LogP contribution is -2.30. The number of hydrogen-bond donors (Lipinski definition) is 0. The Morgan fingerprint density at radius 1 is 0.276 bits per heavy atom. The highest BCUT2D eigenvalue weighted by atomic mass is 16.6. The van der Waals surface area contributed by atoms with Gasteiger partial charge in [0.1, 0.15) is 13.2 Å². The van der Waals surface area contributed by atoms with E-state index >= 15 is 0 Å². The predicted octanol–water partition coefficient (Wildman–Crippen LogP) is 21.4. The maximum Gasteiger partial charge on any atom is 0.306 e. The lowest BCUT2D eigenvalue weighted by molar-refractivity contribution is -0.167. The Morgan fingerprint density at radius 3 is 0.868 bits per heavy atom. The van der Waals surface area contributed by atoms with Crippen LogP contribution in [0, 0.1) is 0 Å². The summed E-state index contributed by atoms with van der Waals surface area (Å²) < 4.78 is 16.8. The summed E-state index contributed by atoms with van der Waals surface area (Å²) in [5.74, 6) is -0.935. The Balaban J connectivity index is 4.28. The molecule has 6 heteroatoms. The van der Waals surface area contributed by atoms with Gasteiger partial charge in [-0.15, -0.1) is 0 Å². The zero-order chi connectivity index (χ0) is 55.0. The summed E-state index contributed by atoms with van der Waals surface area (Å²) in [5, 5.41) is 0. The largest absolute Gasteiger partial charge is 0.462 e. The monoisotopic (exact) mass is 1050 g/mol. The van der Waals surface area contributed by atoms with E-state index in [-0.39, 0.29) is 31.1 Å². The van der Waals surface area contributed by atoms with Crippen LogP contribution in [0.5, 0.6) is 0 Å². The highest BCUT2D eigenvalue weighted by Crippen LogP contribution is 2.14. The molecule has 0 aromatic carbocycles. The molecule has 0 fully saturated rings. The number of rotatable bonds is 55. The molecule has 0 saturated carbocycles. The summed E-state index contributed by atoms with van der Waals surface area (Å²) in [4.78, 5) is 38.1. The van der Waals surface area contributed by atoms with Crippen molar-refractivity contribution in [1.82, 2.24) is 0 Å². The molecule has 0 aliphatic heterocycles. The van der Waals surface area contributed by atoms with E-state index in [9.17, 15) is 14.4 Å². The first-order chi connectivity index (χ1) is 37.5. The second-order valence-corrected chi connectivity index (χ2v) is 20.2. The highest BCUT2D eigenvalue weighted by Gasteiger charge is 2.19. The Bertz CT molecular complexity index is 1630. The topological polar surface area (TPSA) is 78.9 Å². The van der Waals surface area contributed by atoms with Gasteiger partial charge in [-0.2, -0.15) is 0 Å². The molecular weight excluding hydrogens is 937 g/mol. The summed E-state index contributed by atoms with van der Waals surface area (Å²) in [7, 11) is 0. The molecule has 0 radical (unpaired) electrons. The molecule has 0 amide bonds. The number of carbonyl (C=O) groups is 3. The van der Waals surface area contributed by atoms with Gasteiger partial charge in [-0.05, 0) is 135 Å². The zero-order valence-electron chi connectivity index (χ0n) is 49.2. The molecule has 0 spiro atoms. The van der Waals surface area contributed by atoms with Gasteiger partial charge in [-0.1, -0.05) is 251 Å². The fourth-order valence-electron chi connectivity index (χ4n) is 8.20. The summed E-state index contributed by atoms with van der Waals surface area (Å²) in [6, 6.07) is 0. The Morgan fingerprint density at radius 2 is 0.539 bits per heavy atom. The van der Waals surface area contributed by atoms with Crippen molar-refractivity contribution in [2.45, 2.75) is 277 Å². The van der Waals surface area contributed by atoms with Crippen molar-refractivity contribution in [1.29, 1.82) is 0 Å². The normalized spacial score (nSPS) is 13.0. The average Bonchev–Trinajstić information content (AvgIpc) is 3.42. The number of ether oxygens (including phenoxy) is 3. The SMILES string of the molecule is CC/C=C\C/C=C\C/C=C\C/C=C\C/C=C\C/C=C\C/C=C\C/C=C\C/C=C\CCCCCCCC(=O)OCC(COC(=O)CCCCCCC/C=C\CCC)OC(=O)CCCCCCC/C=C\CCCCCCCC. The molecule has 6 nitrogen and oxygen atoms in total. The third-order valence-corrected chi connectivity index (χ3v) is 12.8. The molecule has 0 aromatic heterocycles. The predicted molar refractivity (Wildman–Crippen MR) is 329 cm³/mol. The van der Waals surface area contributed by atoms with Crippen LogP contribution in [0.3, 0.4) is 0 Å². The lowest BCUT2D eigenvalue weighted by atomic mass is 10.1.